The van der Waals surface area contributed by atoms with Crippen molar-refractivity contribution in [3.8, 4) is 0 Å². The predicted octanol–water partition coefficient (Wildman–Crippen LogP) is 5.23. The molecule has 1 atom stereocenters. The van der Waals surface area contributed by atoms with Gasteiger partial charge in [-0.3, -0.25) is 0 Å². The van der Waals surface area contributed by atoms with Crippen LogP contribution >= 0.6 is 11.6 Å². The van der Waals surface area contributed by atoms with Crippen molar-refractivity contribution in [3.05, 3.63) is 82.6 Å². The molecule has 0 unspecified atom stereocenters. The summed E-state index contributed by atoms with van der Waals surface area (Å²) in [7, 11) is 0. The first kappa shape index (κ1) is 16.0. The summed E-state index contributed by atoms with van der Waals surface area (Å²) >= 11 is 5.97. The third-order valence-electron chi connectivity index (χ3n) is 4.42. The minimum Gasteiger partial charge on any atom is -0.303 e. The van der Waals surface area contributed by atoms with Gasteiger partial charge in [0.1, 0.15) is 11.6 Å². The van der Waals surface area contributed by atoms with Crippen molar-refractivity contribution in [2.75, 3.05) is 4.90 Å². The summed E-state index contributed by atoms with van der Waals surface area (Å²) in [6.45, 7) is 0. The fourth-order valence-electron chi connectivity index (χ4n) is 3.35. The fraction of sp³-hybridized carbons (Fsp3) is 0.158. The fourth-order valence-corrected chi connectivity index (χ4v) is 3.53. The zero-order chi connectivity index (χ0) is 17.4. The van der Waals surface area contributed by atoms with Crippen LogP contribution in [0.1, 0.15) is 23.6 Å². The smallest absolute Gasteiger partial charge is 0.230 e. The van der Waals surface area contributed by atoms with Crippen molar-refractivity contribution in [1.29, 1.82) is 0 Å². The molecule has 0 radical (unpaired) electrons. The number of hydrogen-bond acceptors (Lipinski definition) is 3. The van der Waals surface area contributed by atoms with Crippen LogP contribution < -0.4 is 4.90 Å². The normalized spacial score (nSPS) is 15.9. The molecule has 0 amide bonds. The Balaban J connectivity index is 1.87. The third-order valence-corrected chi connectivity index (χ3v) is 4.71. The Hall–Kier alpha value is -2.53. The topological polar surface area (TPSA) is 29.0 Å². The lowest BCUT2D eigenvalue weighted by molar-refractivity contribution is 0.580. The number of nitrogens with zero attached hydrogens (tertiary/aromatic N) is 3. The third kappa shape index (κ3) is 2.85. The quantitative estimate of drug-likeness (QED) is 0.642. The molecule has 1 aromatic heterocycles. The van der Waals surface area contributed by atoms with Crippen LogP contribution in [0.3, 0.4) is 0 Å². The minimum absolute atomic E-state index is 0.00480. The molecule has 126 valence electrons. The molecule has 0 N–H and O–H groups in total. The van der Waals surface area contributed by atoms with E-state index in [4.69, 9.17) is 11.6 Å². The number of anilines is 2. The molecule has 6 heteroatoms. The molecule has 0 saturated heterocycles. The van der Waals surface area contributed by atoms with Gasteiger partial charge in [0.25, 0.3) is 0 Å². The molecular weight excluding hydrogens is 344 g/mol. The van der Waals surface area contributed by atoms with Crippen molar-refractivity contribution in [3.63, 3.8) is 0 Å². The molecule has 1 aliphatic carbocycles. The van der Waals surface area contributed by atoms with Crippen molar-refractivity contribution in [1.82, 2.24) is 9.97 Å². The van der Waals surface area contributed by atoms with E-state index in [-0.39, 0.29) is 16.9 Å². The summed E-state index contributed by atoms with van der Waals surface area (Å²) < 4.78 is 28.1. The number of rotatable bonds is 3. The van der Waals surface area contributed by atoms with E-state index in [0.29, 0.717) is 23.6 Å². The van der Waals surface area contributed by atoms with E-state index in [1.54, 1.807) is 30.6 Å². The molecule has 2 aromatic carbocycles. The minimum atomic E-state index is -0.502. The Morgan fingerprint density at radius 2 is 1.80 bits per heavy atom. The zero-order valence-electron chi connectivity index (χ0n) is 13.2. The summed E-state index contributed by atoms with van der Waals surface area (Å²) in [5.74, 6) is -0.335. The second-order valence-corrected chi connectivity index (χ2v) is 6.29. The SMILES string of the molecule is Fc1ccc(N(c2ncccn2)[C@H]2CCc3cccc(F)c32)cc1Cl. The Morgan fingerprint density at radius 3 is 2.56 bits per heavy atom. The summed E-state index contributed by atoms with van der Waals surface area (Å²) in [5.41, 5.74) is 2.23. The Kier molecular flexibility index (Phi) is 4.09. The summed E-state index contributed by atoms with van der Waals surface area (Å²) in [4.78, 5) is 10.4. The second kappa shape index (κ2) is 6.41. The highest BCUT2D eigenvalue weighted by molar-refractivity contribution is 6.31. The second-order valence-electron chi connectivity index (χ2n) is 5.88. The van der Waals surface area contributed by atoms with E-state index < -0.39 is 5.82 Å². The summed E-state index contributed by atoms with van der Waals surface area (Å²) in [6, 6.07) is 11.0. The molecule has 0 aliphatic heterocycles. The lowest BCUT2D eigenvalue weighted by Gasteiger charge is -2.30. The van der Waals surface area contributed by atoms with E-state index in [1.807, 2.05) is 11.0 Å². The molecule has 0 bridgehead atoms. The van der Waals surface area contributed by atoms with E-state index in [2.05, 4.69) is 9.97 Å². The highest BCUT2D eigenvalue weighted by atomic mass is 35.5. The van der Waals surface area contributed by atoms with Gasteiger partial charge in [0, 0.05) is 23.6 Å². The van der Waals surface area contributed by atoms with Crippen molar-refractivity contribution in [2.24, 2.45) is 0 Å². The highest BCUT2D eigenvalue weighted by Gasteiger charge is 2.33. The number of halogens is 3. The highest BCUT2D eigenvalue weighted by Crippen LogP contribution is 2.43. The van der Waals surface area contributed by atoms with Crippen LogP contribution in [0.25, 0.3) is 0 Å². The Labute approximate surface area is 148 Å². The summed E-state index contributed by atoms with van der Waals surface area (Å²) in [6.07, 6.45) is 4.72. The first-order chi connectivity index (χ1) is 12.1. The van der Waals surface area contributed by atoms with Gasteiger partial charge in [-0.25, -0.2) is 18.7 Å². The number of benzene rings is 2. The average molecular weight is 358 g/mol. The van der Waals surface area contributed by atoms with Crippen LogP contribution in [-0.4, -0.2) is 9.97 Å². The van der Waals surface area contributed by atoms with Crippen LogP contribution in [0.2, 0.25) is 5.02 Å². The number of aryl methyl sites for hydroxylation is 1. The lowest BCUT2D eigenvalue weighted by Crippen LogP contribution is -2.24. The Morgan fingerprint density at radius 1 is 1.00 bits per heavy atom. The van der Waals surface area contributed by atoms with Crippen molar-refractivity contribution < 1.29 is 8.78 Å². The standard InChI is InChI=1S/C19H14ClF2N3/c20-14-11-13(6-7-15(14)21)25(19-23-9-2-10-24-19)17-8-5-12-3-1-4-16(22)18(12)17/h1-4,6-7,9-11,17H,5,8H2/t17-/m0/s1. The number of fused-ring (bicyclic) bond motifs is 1. The van der Waals surface area contributed by atoms with E-state index in [0.717, 1.165) is 12.0 Å². The maximum atomic E-state index is 14.5. The molecule has 1 heterocycles. The molecule has 4 rings (SSSR count). The van der Waals surface area contributed by atoms with Gasteiger partial charge in [-0.2, -0.15) is 0 Å². The number of aromatic nitrogens is 2. The first-order valence-corrected chi connectivity index (χ1v) is 8.31. The average Bonchev–Trinajstić information content (AvgIpc) is 3.04. The van der Waals surface area contributed by atoms with Gasteiger partial charge in [-0.05, 0) is 48.7 Å². The molecule has 0 spiro atoms. The van der Waals surface area contributed by atoms with Crippen LogP contribution in [-0.2, 0) is 6.42 Å². The van der Waals surface area contributed by atoms with Crippen LogP contribution in [0, 0.1) is 11.6 Å². The maximum Gasteiger partial charge on any atom is 0.230 e. The monoisotopic (exact) mass is 357 g/mol. The molecule has 0 saturated carbocycles. The lowest BCUT2D eigenvalue weighted by atomic mass is 10.1. The van der Waals surface area contributed by atoms with Gasteiger partial charge in [-0.1, -0.05) is 23.7 Å². The van der Waals surface area contributed by atoms with E-state index in [9.17, 15) is 8.78 Å². The number of hydrogen-bond donors (Lipinski definition) is 0. The van der Waals surface area contributed by atoms with Gasteiger partial charge in [0.05, 0.1) is 11.1 Å². The van der Waals surface area contributed by atoms with Crippen molar-refractivity contribution in [2.45, 2.75) is 18.9 Å². The zero-order valence-corrected chi connectivity index (χ0v) is 13.9. The Bertz CT molecular complexity index is 918. The predicted molar refractivity (Wildman–Crippen MR) is 93.0 cm³/mol. The molecule has 25 heavy (non-hydrogen) atoms. The van der Waals surface area contributed by atoms with Crippen LogP contribution in [0.15, 0.2) is 54.9 Å². The maximum absolute atomic E-state index is 14.5. The van der Waals surface area contributed by atoms with E-state index in [1.165, 1.54) is 18.2 Å². The molecule has 1 aliphatic rings. The van der Waals surface area contributed by atoms with Gasteiger partial charge in [0.2, 0.25) is 5.95 Å². The van der Waals surface area contributed by atoms with Gasteiger partial charge >= 0.3 is 0 Å². The summed E-state index contributed by atoms with van der Waals surface area (Å²) in [5, 5.41) is 0.00480. The first-order valence-electron chi connectivity index (χ1n) is 7.94. The van der Waals surface area contributed by atoms with Crippen LogP contribution in [0.4, 0.5) is 20.4 Å². The van der Waals surface area contributed by atoms with E-state index >= 15 is 0 Å². The molecule has 3 aromatic rings. The molecular formula is C19H14ClF2N3. The molecule has 0 fully saturated rings. The van der Waals surface area contributed by atoms with Gasteiger partial charge in [-0.15, -0.1) is 0 Å². The van der Waals surface area contributed by atoms with Gasteiger partial charge in [0.15, 0.2) is 0 Å². The van der Waals surface area contributed by atoms with Crippen molar-refractivity contribution >= 4 is 23.2 Å². The van der Waals surface area contributed by atoms with Crippen LogP contribution in [0.5, 0.6) is 0 Å². The largest absolute Gasteiger partial charge is 0.303 e. The molecule has 3 nitrogen and oxygen atoms in total. The van der Waals surface area contributed by atoms with Gasteiger partial charge < -0.3 is 4.90 Å².